The highest BCUT2D eigenvalue weighted by Crippen LogP contribution is 2.22. The van der Waals surface area contributed by atoms with Crippen molar-refractivity contribution < 1.29 is 4.92 Å². The van der Waals surface area contributed by atoms with Crippen molar-refractivity contribution in [3.63, 3.8) is 0 Å². The number of fused-ring (bicyclic) bond motifs is 1. The highest BCUT2D eigenvalue weighted by Gasteiger charge is 2.14. The highest BCUT2D eigenvalue weighted by molar-refractivity contribution is 5.99. The molecule has 0 saturated carbocycles. The Balaban J connectivity index is 1.89. The average molecular weight is 306 g/mol. The molecule has 1 N–H and O–H groups in total. The molecule has 0 radical (unpaired) electrons. The molecule has 6 heteroatoms. The molecule has 0 atom stereocenters. The summed E-state index contributed by atoms with van der Waals surface area (Å²) in [7, 11) is 0. The fourth-order valence-corrected chi connectivity index (χ4v) is 2.30. The van der Waals surface area contributed by atoms with E-state index < -0.39 is 4.92 Å². The molecule has 0 aliphatic rings. The monoisotopic (exact) mass is 306 g/mol. The second-order valence-corrected chi connectivity index (χ2v) is 5.02. The maximum atomic E-state index is 11.0. The van der Waals surface area contributed by atoms with Gasteiger partial charge in [-0.2, -0.15) is 5.10 Å². The number of pyridine rings is 1. The number of rotatable bonds is 4. The lowest BCUT2D eigenvalue weighted by molar-refractivity contribution is -0.384. The molecule has 0 aliphatic heterocycles. The number of hydrazone groups is 1. The molecule has 1 heterocycles. The summed E-state index contributed by atoms with van der Waals surface area (Å²) < 4.78 is 0. The van der Waals surface area contributed by atoms with Crippen LogP contribution in [0.25, 0.3) is 10.8 Å². The summed E-state index contributed by atoms with van der Waals surface area (Å²) in [5, 5.41) is 17.3. The van der Waals surface area contributed by atoms with Crippen LogP contribution in [0, 0.1) is 17.0 Å². The van der Waals surface area contributed by atoms with Crippen molar-refractivity contribution in [2.75, 3.05) is 5.43 Å². The Morgan fingerprint density at radius 3 is 2.74 bits per heavy atom. The molecule has 1 aromatic heterocycles. The van der Waals surface area contributed by atoms with Gasteiger partial charge in [-0.3, -0.25) is 15.5 Å². The van der Waals surface area contributed by atoms with Crippen LogP contribution in [0.1, 0.15) is 11.3 Å². The summed E-state index contributed by atoms with van der Waals surface area (Å²) in [6, 6.07) is 16.9. The minimum atomic E-state index is -0.484. The number of benzene rings is 2. The third-order valence-corrected chi connectivity index (χ3v) is 3.41. The van der Waals surface area contributed by atoms with E-state index in [2.05, 4.69) is 15.5 Å². The topological polar surface area (TPSA) is 80.4 Å². The Morgan fingerprint density at radius 1 is 1.13 bits per heavy atom. The van der Waals surface area contributed by atoms with Crippen LogP contribution in [0.5, 0.6) is 0 Å². The van der Waals surface area contributed by atoms with Gasteiger partial charge in [0.1, 0.15) is 0 Å². The zero-order valence-corrected chi connectivity index (χ0v) is 12.4. The molecule has 0 aliphatic carbocycles. The van der Waals surface area contributed by atoms with Crippen LogP contribution in [0.4, 0.5) is 11.5 Å². The number of hydrogen-bond acceptors (Lipinski definition) is 5. The molecule has 114 valence electrons. The average Bonchev–Trinajstić information content (AvgIpc) is 2.55. The van der Waals surface area contributed by atoms with Crippen LogP contribution in [0.15, 0.2) is 59.7 Å². The van der Waals surface area contributed by atoms with Crippen molar-refractivity contribution in [3.8, 4) is 0 Å². The molecule has 0 saturated heterocycles. The second-order valence-electron chi connectivity index (χ2n) is 5.02. The second kappa shape index (κ2) is 6.23. The van der Waals surface area contributed by atoms with E-state index in [0.29, 0.717) is 5.69 Å². The van der Waals surface area contributed by atoms with E-state index >= 15 is 0 Å². The highest BCUT2D eigenvalue weighted by atomic mass is 16.6. The molecule has 0 unspecified atom stereocenters. The van der Waals surface area contributed by atoms with Crippen LogP contribution in [-0.2, 0) is 0 Å². The van der Waals surface area contributed by atoms with Crippen LogP contribution in [0.2, 0.25) is 0 Å². The summed E-state index contributed by atoms with van der Waals surface area (Å²) in [4.78, 5) is 14.7. The molecular formula is C17H14N4O2. The molecule has 6 nitrogen and oxygen atoms in total. The maximum Gasteiger partial charge on any atom is 0.313 e. The molecule has 2 aromatic carbocycles. The van der Waals surface area contributed by atoms with E-state index in [-0.39, 0.29) is 11.5 Å². The van der Waals surface area contributed by atoms with Gasteiger partial charge < -0.3 is 0 Å². The van der Waals surface area contributed by atoms with E-state index in [0.717, 1.165) is 16.3 Å². The summed E-state index contributed by atoms with van der Waals surface area (Å²) in [5.41, 5.74) is 4.16. The Kier molecular flexibility index (Phi) is 3.97. The standard InChI is InChI=1S/C17H14N4O2/c1-12-9-10-16(21(22)23)17(19-12)20-18-11-14-7-4-6-13-5-2-3-8-15(13)14/h2-11H,1H3,(H,19,20)/b18-11-. The van der Waals surface area contributed by atoms with E-state index in [1.807, 2.05) is 42.5 Å². The fourth-order valence-electron chi connectivity index (χ4n) is 2.30. The van der Waals surface area contributed by atoms with Gasteiger partial charge in [-0.25, -0.2) is 4.98 Å². The number of aryl methyl sites for hydroxylation is 1. The number of nitrogens with zero attached hydrogens (tertiary/aromatic N) is 3. The van der Waals surface area contributed by atoms with Gasteiger partial charge in [-0.1, -0.05) is 42.5 Å². The Bertz CT molecular complexity index is 901. The molecule has 0 fully saturated rings. The quantitative estimate of drug-likeness (QED) is 0.450. The SMILES string of the molecule is Cc1ccc([N+](=O)[O-])c(N/N=C\c2cccc3ccccc23)n1. The van der Waals surface area contributed by atoms with Gasteiger partial charge in [0, 0.05) is 17.3 Å². The molecule has 0 bridgehead atoms. The molecule has 3 rings (SSSR count). The van der Waals surface area contributed by atoms with Crippen molar-refractivity contribution in [1.82, 2.24) is 4.98 Å². The number of nitrogens with one attached hydrogen (secondary N) is 1. The molecule has 0 amide bonds. The van der Waals surface area contributed by atoms with Gasteiger partial charge in [-0.05, 0) is 23.8 Å². The lowest BCUT2D eigenvalue weighted by Crippen LogP contribution is -2.00. The van der Waals surface area contributed by atoms with E-state index in [1.54, 1.807) is 19.2 Å². The van der Waals surface area contributed by atoms with E-state index in [4.69, 9.17) is 0 Å². The van der Waals surface area contributed by atoms with Gasteiger partial charge >= 0.3 is 5.69 Å². The summed E-state index contributed by atoms with van der Waals surface area (Å²) in [6.45, 7) is 1.77. The number of aromatic nitrogens is 1. The lowest BCUT2D eigenvalue weighted by atomic mass is 10.1. The van der Waals surface area contributed by atoms with Crippen LogP contribution in [-0.4, -0.2) is 16.1 Å². The van der Waals surface area contributed by atoms with Crippen molar-refractivity contribution in [3.05, 3.63) is 76.0 Å². The summed E-state index contributed by atoms with van der Waals surface area (Å²) in [6.07, 6.45) is 1.63. The predicted molar refractivity (Wildman–Crippen MR) is 90.8 cm³/mol. The van der Waals surface area contributed by atoms with Gasteiger partial charge in [0.25, 0.3) is 0 Å². The minimum Gasteiger partial charge on any atom is -0.258 e. The van der Waals surface area contributed by atoms with Crippen molar-refractivity contribution in [2.45, 2.75) is 6.92 Å². The summed E-state index contributed by atoms with van der Waals surface area (Å²) in [5.74, 6) is 0.131. The largest absolute Gasteiger partial charge is 0.313 e. The Morgan fingerprint density at radius 2 is 1.91 bits per heavy atom. The fraction of sp³-hybridized carbons (Fsp3) is 0.0588. The van der Waals surface area contributed by atoms with Crippen molar-refractivity contribution in [1.29, 1.82) is 0 Å². The molecule has 3 aromatic rings. The normalized spacial score (nSPS) is 11.0. The van der Waals surface area contributed by atoms with Crippen LogP contribution in [0.3, 0.4) is 0 Å². The molecular weight excluding hydrogens is 292 g/mol. The minimum absolute atomic E-state index is 0.106. The van der Waals surface area contributed by atoms with E-state index in [9.17, 15) is 10.1 Å². The zero-order valence-electron chi connectivity index (χ0n) is 12.4. The number of hydrogen-bond donors (Lipinski definition) is 1. The summed E-state index contributed by atoms with van der Waals surface area (Å²) >= 11 is 0. The van der Waals surface area contributed by atoms with Crippen molar-refractivity contribution in [2.24, 2.45) is 5.10 Å². The van der Waals surface area contributed by atoms with Crippen LogP contribution >= 0.6 is 0 Å². The first-order valence-corrected chi connectivity index (χ1v) is 7.04. The third-order valence-electron chi connectivity index (χ3n) is 3.41. The van der Waals surface area contributed by atoms with Gasteiger partial charge in [-0.15, -0.1) is 0 Å². The Hall–Kier alpha value is -3.28. The molecule has 23 heavy (non-hydrogen) atoms. The number of nitro groups is 1. The first-order chi connectivity index (χ1) is 11.1. The first-order valence-electron chi connectivity index (χ1n) is 7.04. The van der Waals surface area contributed by atoms with E-state index in [1.165, 1.54) is 6.07 Å². The Labute approximate surface area is 132 Å². The first kappa shape index (κ1) is 14.6. The van der Waals surface area contributed by atoms with Gasteiger partial charge in [0.05, 0.1) is 11.1 Å². The van der Waals surface area contributed by atoms with Gasteiger partial charge in [0.15, 0.2) is 0 Å². The predicted octanol–water partition coefficient (Wildman–Crippen LogP) is 3.90. The lowest BCUT2D eigenvalue weighted by Gasteiger charge is -2.03. The number of anilines is 1. The van der Waals surface area contributed by atoms with Crippen LogP contribution < -0.4 is 5.43 Å². The smallest absolute Gasteiger partial charge is 0.258 e. The molecule has 0 spiro atoms. The zero-order chi connectivity index (χ0) is 16.2. The van der Waals surface area contributed by atoms with Gasteiger partial charge in [0.2, 0.25) is 5.82 Å². The maximum absolute atomic E-state index is 11.0. The third kappa shape index (κ3) is 3.16. The van der Waals surface area contributed by atoms with Crippen molar-refractivity contribution >= 4 is 28.5 Å².